The Morgan fingerprint density at radius 3 is 2.44 bits per heavy atom. The molecule has 8 heteroatoms. The van der Waals surface area contributed by atoms with Crippen molar-refractivity contribution in [2.75, 3.05) is 6.54 Å². The van der Waals surface area contributed by atoms with Crippen molar-refractivity contribution in [2.24, 2.45) is 0 Å². The number of rotatable bonds is 8. The topological polar surface area (TPSA) is 103 Å². The molecule has 4 rings (SSSR count). The highest BCUT2D eigenvalue weighted by Crippen LogP contribution is 2.25. The fourth-order valence-electron chi connectivity index (χ4n) is 3.37. The highest BCUT2D eigenvalue weighted by Gasteiger charge is 2.14. The maximum absolute atomic E-state index is 12.5. The molecule has 0 bridgehead atoms. The van der Waals surface area contributed by atoms with Gasteiger partial charge in [0.15, 0.2) is 5.43 Å². The number of hydrogen-bond acceptors (Lipinski definition) is 6. The monoisotopic (exact) mass is 477 g/mol. The molecule has 0 amide bonds. The van der Waals surface area contributed by atoms with E-state index in [1.165, 1.54) is 30.3 Å². The van der Waals surface area contributed by atoms with Gasteiger partial charge < -0.3 is 9.15 Å². The van der Waals surface area contributed by atoms with Crippen molar-refractivity contribution in [2.45, 2.75) is 24.7 Å². The van der Waals surface area contributed by atoms with E-state index in [4.69, 9.17) is 9.15 Å². The lowest BCUT2D eigenvalue weighted by molar-refractivity contribution is -0.134. The quantitative estimate of drug-likeness (QED) is 0.229. The van der Waals surface area contributed by atoms with Crippen molar-refractivity contribution in [1.82, 2.24) is 4.72 Å². The number of aryl methyl sites for hydroxylation is 1. The van der Waals surface area contributed by atoms with E-state index in [9.17, 15) is 18.0 Å². The third-order valence-corrected chi connectivity index (χ3v) is 6.65. The lowest BCUT2D eigenvalue weighted by Crippen LogP contribution is -2.25. The van der Waals surface area contributed by atoms with E-state index >= 15 is 0 Å². The summed E-state index contributed by atoms with van der Waals surface area (Å²) in [5.41, 5.74) is 1.84. The number of ether oxygens (including phenoxy) is 1. The minimum Gasteiger partial charge on any atom is -0.456 e. The van der Waals surface area contributed by atoms with Gasteiger partial charge in [-0.05, 0) is 37.6 Å². The van der Waals surface area contributed by atoms with E-state index in [1.807, 2.05) is 37.3 Å². The van der Waals surface area contributed by atoms with Gasteiger partial charge in [0.25, 0.3) is 0 Å². The summed E-state index contributed by atoms with van der Waals surface area (Å²) in [6, 6.07) is 21.8. The second-order valence-electron chi connectivity index (χ2n) is 7.79. The Hall–Kier alpha value is -3.75. The van der Waals surface area contributed by atoms with Crippen molar-refractivity contribution in [3.63, 3.8) is 0 Å². The molecule has 1 aromatic heterocycles. The van der Waals surface area contributed by atoms with Gasteiger partial charge in [-0.1, -0.05) is 48.0 Å². The number of carbonyl (C=O) groups excluding carboxylic acids is 1. The molecule has 0 aliphatic rings. The number of carbonyl (C=O) groups is 1. The summed E-state index contributed by atoms with van der Waals surface area (Å²) in [6.07, 6.45) is 0.285. The average molecular weight is 478 g/mol. The van der Waals surface area contributed by atoms with Crippen LogP contribution in [0.1, 0.15) is 18.4 Å². The SMILES string of the molecule is Cc1ccc(S(=O)(=O)NCCCC(=O)Oc2ccc3c(=O)cc(-c4ccccc4)oc3c2)cc1. The van der Waals surface area contributed by atoms with Crippen LogP contribution in [0.15, 0.2) is 93.0 Å². The Labute approximate surface area is 197 Å². The van der Waals surface area contributed by atoms with Crippen LogP contribution in [-0.4, -0.2) is 20.9 Å². The van der Waals surface area contributed by atoms with Crippen molar-refractivity contribution >= 4 is 27.0 Å². The third kappa shape index (κ3) is 5.59. The Morgan fingerprint density at radius 2 is 1.71 bits per heavy atom. The average Bonchev–Trinajstić information content (AvgIpc) is 2.82. The van der Waals surface area contributed by atoms with Gasteiger partial charge in [0.2, 0.25) is 10.0 Å². The summed E-state index contributed by atoms with van der Waals surface area (Å²) in [5, 5.41) is 0.380. The molecule has 1 heterocycles. The minimum absolute atomic E-state index is 0.0163. The second-order valence-corrected chi connectivity index (χ2v) is 9.55. The van der Waals surface area contributed by atoms with E-state index in [0.29, 0.717) is 16.7 Å². The van der Waals surface area contributed by atoms with E-state index in [2.05, 4.69) is 4.72 Å². The summed E-state index contributed by atoms with van der Waals surface area (Å²) in [6.45, 7) is 1.97. The summed E-state index contributed by atoms with van der Waals surface area (Å²) in [4.78, 5) is 24.9. The zero-order valence-corrected chi connectivity index (χ0v) is 19.3. The van der Waals surface area contributed by atoms with Crippen LogP contribution in [0, 0.1) is 6.92 Å². The van der Waals surface area contributed by atoms with Crippen molar-refractivity contribution in [3.05, 3.63) is 94.6 Å². The molecule has 0 spiro atoms. The van der Waals surface area contributed by atoms with Crippen LogP contribution in [0.5, 0.6) is 5.75 Å². The lowest BCUT2D eigenvalue weighted by Gasteiger charge is -2.08. The van der Waals surface area contributed by atoms with Crippen LogP contribution in [0.4, 0.5) is 0 Å². The third-order valence-electron chi connectivity index (χ3n) is 5.17. The number of esters is 1. The molecule has 7 nitrogen and oxygen atoms in total. The molecule has 0 unspecified atom stereocenters. The first-order valence-electron chi connectivity index (χ1n) is 10.7. The van der Waals surface area contributed by atoms with E-state index < -0.39 is 16.0 Å². The van der Waals surface area contributed by atoms with E-state index in [-0.39, 0.29) is 35.5 Å². The van der Waals surface area contributed by atoms with Gasteiger partial charge >= 0.3 is 5.97 Å². The second kappa shape index (κ2) is 10.0. The van der Waals surface area contributed by atoms with E-state index in [0.717, 1.165) is 11.1 Å². The number of benzene rings is 3. The molecule has 0 saturated heterocycles. The van der Waals surface area contributed by atoms with Gasteiger partial charge in [0, 0.05) is 30.7 Å². The Kier molecular flexibility index (Phi) is 6.90. The normalized spacial score (nSPS) is 11.4. The molecule has 4 aromatic rings. The van der Waals surface area contributed by atoms with Crippen LogP contribution in [0.3, 0.4) is 0 Å². The van der Waals surface area contributed by atoms with Crippen LogP contribution >= 0.6 is 0 Å². The van der Waals surface area contributed by atoms with Crippen molar-refractivity contribution < 1.29 is 22.4 Å². The van der Waals surface area contributed by atoms with Gasteiger partial charge in [0.1, 0.15) is 17.1 Å². The molecule has 0 radical (unpaired) electrons. The highest BCUT2D eigenvalue weighted by molar-refractivity contribution is 7.89. The summed E-state index contributed by atoms with van der Waals surface area (Å²) >= 11 is 0. The maximum atomic E-state index is 12.5. The Balaban J connectivity index is 1.37. The Morgan fingerprint density at radius 1 is 0.971 bits per heavy atom. The summed E-state index contributed by atoms with van der Waals surface area (Å²) in [5.74, 6) is 0.143. The molecule has 0 aliphatic heterocycles. The standard InChI is InChI=1S/C26H23NO6S/c1-18-9-12-21(13-10-18)34(30,31)27-15-5-8-26(29)32-20-11-14-22-23(28)17-24(33-25(22)16-20)19-6-3-2-4-7-19/h2-4,6-7,9-14,16-17,27H,5,8,15H2,1H3. The molecule has 34 heavy (non-hydrogen) atoms. The van der Waals surface area contributed by atoms with Crippen LogP contribution < -0.4 is 14.9 Å². The van der Waals surface area contributed by atoms with Crippen LogP contribution in [0.25, 0.3) is 22.3 Å². The summed E-state index contributed by atoms with van der Waals surface area (Å²) < 4.78 is 38.3. The molecule has 1 N–H and O–H groups in total. The Bertz CT molecular complexity index is 1480. The smallest absolute Gasteiger partial charge is 0.311 e. The summed E-state index contributed by atoms with van der Waals surface area (Å²) in [7, 11) is -3.63. The lowest BCUT2D eigenvalue weighted by atomic mass is 10.1. The molecule has 0 fully saturated rings. The molecule has 174 valence electrons. The predicted molar refractivity (Wildman–Crippen MR) is 129 cm³/mol. The van der Waals surface area contributed by atoms with Crippen molar-refractivity contribution in [3.8, 4) is 17.1 Å². The molecule has 0 aliphatic carbocycles. The first-order valence-corrected chi connectivity index (χ1v) is 12.2. The fourth-order valence-corrected chi connectivity index (χ4v) is 4.44. The van der Waals surface area contributed by atoms with Gasteiger partial charge in [-0.25, -0.2) is 13.1 Å². The first-order chi connectivity index (χ1) is 16.3. The number of hydrogen-bond donors (Lipinski definition) is 1. The minimum atomic E-state index is -3.63. The van der Waals surface area contributed by atoms with Gasteiger partial charge in [0.05, 0.1) is 10.3 Å². The number of fused-ring (bicyclic) bond motifs is 1. The molecular formula is C26H23NO6S. The van der Waals surface area contributed by atoms with Gasteiger partial charge in [-0.2, -0.15) is 0 Å². The van der Waals surface area contributed by atoms with E-state index in [1.54, 1.807) is 18.2 Å². The molecular weight excluding hydrogens is 454 g/mol. The van der Waals surface area contributed by atoms with Crippen LogP contribution in [-0.2, 0) is 14.8 Å². The van der Waals surface area contributed by atoms with Crippen LogP contribution in [0.2, 0.25) is 0 Å². The van der Waals surface area contributed by atoms with Gasteiger partial charge in [-0.3, -0.25) is 9.59 Å². The number of nitrogens with one attached hydrogen (secondary N) is 1. The largest absolute Gasteiger partial charge is 0.456 e. The molecule has 0 atom stereocenters. The zero-order chi connectivity index (χ0) is 24.1. The predicted octanol–water partition coefficient (Wildman–Crippen LogP) is 4.43. The zero-order valence-electron chi connectivity index (χ0n) is 18.5. The first kappa shape index (κ1) is 23.4. The fraction of sp³-hybridized carbons (Fsp3) is 0.154. The van der Waals surface area contributed by atoms with Crippen molar-refractivity contribution in [1.29, 1.82) is 0 Å². The molecule has 0 saturated carbocycles. The number of sulfonamides is 1. The molecule has 3 aromatic carbocycles. The highest BCUT2D eigenvalue weighted by atomic mass is 32.2. The van der Waals surface area contributed by atoms with Gasteiger partial charge in [-0.15, -0.1) is 0 Å². The maximum Gasteiger partial charge on any atom is 0.311 e.